The van der Waals surface area contributed by atoms with E-state index >= 15 is 0 Å². The van der Waals surface area contributed by atoms with Crippen molar-refractivity contribution in [2.75, 3.05) is 0 Å². The summed E-state index contributed by atoms with van der Waals surface area (Å²) in [5, 5.41) is 0. The van der Waals surface area contributed by atoms with Gasteiger partial charge < -0.3 is 0 Å². The largest absolute Gasteiger partial charge is 0.431 e. The molecular weight excluding hydrogens is 241 g/mol. The molecule has 0 aliphatic heterocycles. The van der Waals surface area contributed by atoms with Crippen LogP contribution in [-0.2, 0) is 0 Å². The predicted octanol–water partition coefficient (Wildman–Crippen LogP) is 4.37. The van der Waals surface area contributed by atoms with Gasteiger partial charge in [0.15, 0.2) is 6.08 Å². The van der Waals surface area contributed by atoms with Crippen molar-refractivity contribution in [1.29, 1.82) is 0 Å². The third-order valence-electron chi connectivity index (χ3n) is 2.04. The van der Waals surface area contributed by atoms with Gasteiger partial charge in [-0.2, -0.15) is 26.3 Å². The van der Waals surface area contributed by atoms with Crippen LogP contribution in [0.1, 0.15) is 25.7 Å². The number of unbranched alkanes of at least 4 members (excludes halogenated alkanes) is 2. The zero-order valence-corrected chi connectivity index (χ0v) is 8.13. The van der Waals surface area contributed by atoms with E-state index in [4.69, 9.17) is 6.58 Å². The summed E-state index contributed by atoms with van der Waals surface area (Å²) in [6, 6.07) is 0. The maximum Gasteiger partial charge on any atom is 0.431 e. The molecule has 0 heterocycles. The third-order valence-corrected chi connectivity index (χ3v) is 2.04. The van der Waals surface area contributed by atoms with Crippen molar-refractivity contribution in [1.82, 2.24) is 0 Å². The molecule has 0 atom stereocenters. The summed E-state index contributed by atoms with van der Waals surface area (Å²) in [4.78, 5) is 0. The zero-order valence-electron chi connectivity index (χ0n) is 8.13. The van der Waals surface area contributed by atoms with Gasteiger partial charge in [-0.05, 0) is 19.3 Å². The summed E-state index contributed by atoms with van der Waals surface area (Å²) >= 11 is 0. The maximum absolute atomic E-state index is 12.9. The highest BCUT2D eigenvalue weighted by Gasteiger charge is 2.71. The average Bonchev–Trinajstić information content (AvgIpc) is 2.08. The van der Waals surface area contributed by atoms with Crippen molar-refractivity contribution in [3.05, 3.63) is 12.7 Å². The SMILES string of the molecule is [CH+]=CCCCCC(F)(C(F)(F)F)C(F)(F)F. The number of rotatable bonds is 5. The lowest BCUT2D eigenvalue weighted by Gasteiger charge is -2.29. The first kappa shape index (κ1) is 15.2. The van der Waals surface area contributed by atoms with E-state index in [-0.39, 0.29) is 12.8 Å². The molecule has 0 N–H and O–H groups in total. The van der Waals surface area contributed by atoms with Gasteiger partial charge in [0.25, 0.3) is 5.67 Å². The molecule has 0 aliphatic rings. The zero-order chi connectivity index (χ0) is 13.0. The fourth-order valence-corrected chi connectivity index (χ4v) is 1.07. The lowest BCUT2D eigenvalue weighted by Crippen LogP contribution is -2.53. The molecule has 0 nitrogen and oxygen atoms in total. The van der Waals surface area contributed by atoms with Crippen LogP contribution < -0.4 is 0 Å². The first-order chi connectivity index (χ1) is 7.06. The topological polar surface area (TPSA) is 0 Å². The predicted molar refractivity (Wildman–Crippen MR) is 43.3 cm³/mol. The molecule has 0 bridgehead atoms. The minimum atomic E-state index is -5.95. The van der Waals surface area contributed by atoms with E-state index in [0.717, 1.165) is 6.08 Å². The summed E-state index contributed by atoms with van der Waals surface area (Å²) in [7, 11) is 0. The van der Waals surface area contributed by atoms with E-state index in [1.807, 2.05) is 0 Å². The highest BCUT2D eigenvalue weighted by molar-refractivity contribution is 4.94. The Labute approximate surface area is 88.1 Å². The lowest BCUT2D eigenvalue weighted by molar-refractivity contribution is -0.343. The number of hydrogen-bond acceptors (Lipinski definition) is 0. The van der Waals surface area contributed by atoms with Gasteiger partial charge >= 0.3 is 12.4 Å². The normalized spacial score (nSPS) is 13.9. The second-order valence-corrected chi connectivity index (χ2v) is 3.28. The Morgan fingerprint density at radius 1 is 0.812 bits per heavy atom. The van der Waals surface area contributed by atoms with Crippen molar-refractivity contribution in [3.63, 3.8) is 0 Å². The molecule has 0 radical (unpaired) electrons. The van der Waals surface area contributed by atoms with Gasteiger partial charge in [-0.15, -0.1) is 0 Å². The molecule has 0 aromatic carbocycles. The maximum atomic E-state index is 12.9. The molecule has 0 aromatic heterocycles. The number of hydrogen-bond donors (Lipinski definition) is 0. The molecule has 16 heavy (non-hydrogen) atoms. The number of alkyl halides is 7. The second kappa shape index (κ2) is 4.99. The van der Waals surface area contributed by atoms with Crippen molar-refractivity contribution < 1.29 is 30.7 Å². The van der Waals surface area contributed by atoms with E-state index in [1.54, 1.807) is 0 Å². The van der Waals surface area contributed by atoms with Crippen LogP contribution in [0.2, 0.25) is 0 Å². The Bertz CT molecular complexity index is 211. The molecule has 94 valence electrons. The molecule has 7 heteroatoms. The summed E-state index contributed by atoms with van der Waals surface area (Å²) in [5.41, 5.74) is -5.13. The molecule has 0 amide bonds. The van der Waals surface area contributed by atoms with Crippen LogP contribution in [0.15, 0.2) is 6.08 Å². The van der Waals surface area contributed by atoms with Crippen molar-refractivity contribution in [2.45, 2.75) is 43.7 Å². The van der Waals surface area contributed by atoms with E-state index < -0.39 is 30.9 Å². The van der Waals surface area contributed by atoms with Crippen LogP contribution in [0, 0.1) is 6.58 Å². The molecule has 0 saturated carbocycles. The molecule has 0 saturated heterocycles. The minimum Gasteiger partial charge on any atom is -0.224 e. The summed E-state index contributed by atoms with van der Waals surface area (Å²) in [5.74, 6) is 0. The molecule has 0 spiro atoms. The van der Waals surface area contributed by atoms with Crippen molar-refractivity contribution in [2.24, 2.45) is 0 Å². The van der Waals surface area contributed by atoms with Crippen molar-refractivity contribution in [3.8, 4) is 0 Å². The second-order valence-electron chi connectivity index (χ2n) is 3.28. The van der Waals surface area contributed by atoms with E-state index in [0.29, 0.717) is 0 Å². The van der Waals surface area contributed by atoms with Gasteiger partial charge in [-0.3, -0.25) is 0 Å². The van der Waals surface area contributed by atoms with Gasteiger partial charge in [0.2, 0.25) is 6.58 Å². The lowest BCUT2D eigenvalue weighted by atomic mass is 9.96. The van der Waals surface area contributed by atoms with E-state index in [9.17, 15) is 30.7 Å². The third kappa shape index (κ3) is 3.33. The fourth-order valence-electron chi connectivity index (χ4n) is 1.07. The Morgan fingerprint density at radius 3 is 1.56 bits per heavy atom. The smallest absolute Gasteiger partial charge is 0.224 e. The van der Waals surface area contributed by atoms with Gasteiger partial charge in [0.05, 0.1) is 0 Å². The fraction of sp³-hybridized carbons (Fsp3) is 0.778. The minimum absolute atomic E-state index is 0.0195. The quantitative estimate of drug-likeness (QED) is 0.386. The molecule has 0 aromatic rings. The molecule has 0 aliphatic carbocycles. The molecule has 0 fully saturated rings. The van der Waals surface area contributed by atoms with Crippen LogP contribution >= 0.6 is 0 Å². The van der Waals surface area contributed by atoms with Crippen LogP contribution in [0.4, 0.5) is 30.7 Å². The number of halogens is 7. The summed E-state index contributed by atoms with van der Waals surface area (Å²) in [6.07, 6.45) is -12.8. The Morgan fingerprint density at radius 2 is 1.25 bits per heavy atom. The Kier molecular flexibility index (Phi) is 4.73. The first-order valence-electron chi connectivity index (χ1n) is 4.42. The molecular formula is C9H10F7+. The van der Waals surface area contributed by atoms with Crippen LogP contribution in [0.3, 0.4) is 0 Å². The Balaban J connectivity index is 4.64. The van der Waals surface area contributed by atoms with Crippen LogP contribution in [-0.4, -0.2) is 18.0 Å². The van der Waals surface area contributed by atoms with Gasteiger partial charge in [0.1, 0.15) is 0 Å². The molecule has 0 unspecified atom stereocenters. The van der Waals surface area contributed by atoms with Gasteiger partial charge in [-0.25, -0.2) is 4.39 Å². The van der Waals surface area contributed by atoms with Crippen molar-refractivity contribution >= 4 is 0 Å². The van der Waals surface area contributed by atoms with E-state index in [1.165, 1.54) is 0 Å². The standard InChI is InChI=1S/C9H10F7/c1-2-3-4-5-6-7(10,8(11,12)13)9(14,15)16/h1-2H,3-6H2/q+1. The monoisotopic (exact) mass is 251 g/mol. The average molecular weight is 251 g/mol. The Hall–Kier alpha value is -0.840. The highest BCUT2D eigenvalue weighted by atomic mass is 19.4. The van der Waals surface area contributed by atoms with Crippen LogP contribution in [0.5, 0.6) is 0 Å². The van der Waals surface area contributed by atoms with Gasteiger partial charge in [0, 0.05) is 6.42 Å². The van der Waals surface area contributed by atoms with Crippen LogP contribution in [0.25, 0.3) is 0 Å². The van der Waals surface area contributed by atoms with E-state index in [2.05, 4.69) is 0 Å². The summed E-state index contributed by atoms with van der Waals surface area (Å²) < 4.78 is 84.8. The number of allylic oxidation sites excluding steroid dienone is 1. The summed E-state index contributed by atoms with van der Waals surface area (Å²) in [6.45, 7) is 4.89. The first-order valence-corrected chi connectivity index (χ1v) is 4.42. The highest BCUT2D eigenvalue weighted by Crippen LogP contribution is 2.49. The molecule has 0 rings (SSSR count). The van der Waals surface area contributed by atoms with Gasteiger partial charge in [-0.1, -0.05) is 0 Å².